The van der Waals surface area contributed by atoms with Gasteiger partial charge in [0.25, 0.3) is 0 Å². The zero-order chi connectivity index (χ0) is 12.4. The quantitative estimate of drug-likeness (QED) is 0.819. The second-order valence-electron chi connectivity index (χ2n) is 3.68. The summed E-state index contributed by atoms with van der Waals surface area (Å²) in [5.41, 5.74) is 1.09. The molecule has 88 valence electrons. The van der Waals surface area contributed by atoms with E-state index in [-0.39, 0.29) is 29.3 Å². The Labute approximate surface area is 102 Å². The first-order valence-corrected chi connectivity index (χ1v) is 5.90. The van der Waals surface area contributed by atoms with Crippen molar-refractivity contribution < 1.29 is 15.0 Å². The number of aryl methyl sites for hydroxylation is 1. The molecule has 0 amide bonds. The molecule has 0 aliphatic heterocycles. The lowest BCUT2D eigenvalue weighted by atomic mass is 10.1. The van der Waals surface area contributed by atoms with E-state index in [2.05, 4.69) is 4.98 Å². The smallest absolute Gasteiger partial charge is 0.173 e. The van der Waals surface area contributed by atoms with Gasteiger partial charge in [0.2, 0.25) is 0 Å². The molecule has 1 aromatic heterocycles. The summed E-state index contributed by atoms with van der Waals surface area (Å²) in [6.45, 7) is 1.86. The van der Waals surface area contributed by atoms with E-state index in [0.29, 0.717) is 0 Å². The van der Waals surface area contributed by atoms with E-state index >= 15 is 0 Å². The molecule has 4 nitrogen and oxygen atoms in total. The molecule has 1 aromatic carbocycles. The monoisotopic (exact) mass is 249 g/mol. The molecule has 0 saturated heterocycles. The minimum atomic E-state index is -0.211. The van der Waals surface area contributed by atoms with Crippen molar-refractivity contribution in [3.8, 4) is 11.5 Å². The molecule has 1 heterocycles. The first-order chi connectivity index (χ1) is 8.06. The highest BCUT2D eigenvalue weighted by Gasteiger charge is 2.13. The van der Waals surface area contributed by atoms with Crippen LogP contribution in [0.1, 0.15) is 21.1 Å². The number of carbonyl (C=O) groups excluding carboxylic acids is 1. The van der Waals surface area contributed by atoms with Crippen LogP contribution in [-0.2, 0) is 6.42 Å². The second-order valence-corrected chi connectivity index (χ2v) is 4.63. The number of nitrogens with zero attached hydrogens (tertiary/aromatic N) is 1. The first kappa shape index (κ1) is 11.6. The van der Waals surface area contributed by atoms with Gasteiger partial charge in [0.1, 0.15) is 16.5 Å². The standard InChI is InChI=1S/C12H11NO3S/c1-7-6-17-12(13-7)5-11(16)9-3-2-8(14)4-10(9)15/h2-4,6,14-15H,5H2,1H3. The maximum Gasteiger partial charge on any atom is 0.173 e. The van der Waals surface area contributed by atoms with E-state index in [1.54, 1.807) is 0 Å². The lowest BCUT2D eigenvalue weighted by molar-refractivity contribution is 0.0990. The Balaban J connectivity index is 2.20. The summed E-state index contributed by atoms with van der Waals surface area (Å²) >= 11 is 1.42. The molecular formula is C12H11NO3S. The highest BCUT2D eigenvalue weighted by atomic mass is 32.1. The molecule has 0 spiro atoms. The zero-order valence-corrected chi connectivity index (χ0v) is 9.99. The molecule has 0 saturated carbocycles. The van der Waals surface area contributed by atoms with Crippen LogP contribution in [0.5, 0.6) is 11.5 Å². The minimum absolute atomic E-state index is 0.0656. The number of hydrogen-bond donors (Lipinski definition) is 2. The molecular weight excluding hydrogens is 238 g/mol. The predicted molar refractivity (Wildman–Crippen MR) is 64.7 cm³/mol. The number of benzene rings is 1. The summed E-state index contributed by atoms with van der Waals surface area (Å²) < 4.78 is 0. The van der Waals surface area contributed by atoms with E-state index in [1.807, 2.05) is 12.3 Å². The Kier molecular flexibility index (Phi) is 3.10. The van der Waals surface area contributed by atoms with Crippen LogP contribution in [0.3, 0.4) is 0 Å². The number of phenols is 2. The van der Waals surface area contributed by atoms with Gasteiger partial charge in [0.15, 0.2) is 5.78 Å². The van der Waals surface area contributed by atoms with Gasteiger partial charge >= 0.3 is 0 Å². The minimum Gasteiger partial charge on any atom is -0.508 e. The maximum absolute atomic E-state index is 11.9. The van der Waals surface area contributed by atoms with Gasteiger partial charge in [-0.15, -0.1) is 11.3 Å². The zero-order valence-electron chi connectivity index (χ0n) is 9.17. The molecule has 0 aliphatic rings. The average Bonchev–Trinajstić information content (AvgIpc) is 2.63. The summed E-state index contributed by atoms with van der Waals surface area (Å²) in [5, 5.41) is 21.3. The number of phenolic OH excluding ortho intramolecular Hbond substituents is 2. The van der Waals surface area contributed by atoms with E-state index < -0.39 is 0 Å². The number of aromatic hydroxyl groups is 2. The van der Waals surface area contributed by atoms with Gasteiger partial charge in [-0.25, -0.2) is 4.98 Å². The number of carbonyl (C=O) groups is 1. The van der Waals surface area contributed by atoms with Gasteiger partial charge in [-0.2, -0.15) is 0 Å². The van der Waals surface area contributed by atoms with E-state index in [1.165, 1.54) is 23.5 Å². The molecule has 0 aliphatic carbocycles. The third kappa shape index (κ3) is 2.62. The lowest BCUT2D eigenvalue weighted by Crippen LogP contribution is -2.03. The normalized spacial score (nSPS) is 10.4. The molecule has 0 atom stereocenters. The van der Waals surface area contributed by atoms with Crippen molar-refractivity contribution in [3.63, 3.8) is 0 Å². The van der Waals surface area contributed by atoms with Crippen LogP contribution in [0.2, 0.25) is 0 Å². The van der Waals surface area contributed by atoms with Gasteiger partial charge < -0.3 is 10.2 Å². The Morgan fingerprint density at radius 1 is 1.41 bits per heavy atom. The fourth-order valence-corrected chi connectivity index (χ4v) is 2.24. The Morgan fingerprint density at radius 2 is 2.18 bits per heavy atom. The van der Waals surface area contributed by atoms with Gasteiger partial charge in [0.05, 0.1) is 12.0 Å². The first-order valence-electron chi connectivity index (χ1n) is 5.02. The van der Waals surface area contributed by atoms with Gasteiger partial charge in [-0.3, -0.25) is 4.79 Å². The SMILES string of the molecule is Cc1csc(CC(=O)c2ccc(O)cc2O)n1. The van der Waals surface area contributed by atoms with Gasteiger partial charge in [-0.05, 0) is 19.1 Å². The number of hydrogen-bond acceptors (Lipinski definition) is 5. The maximum atomic E-state index is 11.9. The van der Waals surface area contributed by atoms with Crippen LogP contribution < -0.4 is 0 Å². The average molecular weight is 249 g/mol. The Bertz CT molecular complexity index is 563. The number of aromatic nitrogens is 1. The molecule has 0 bridgehead atoms. The molecule has 5 heteroatoms. The second kappa shape index (κ2) is 4.55. The van der Waals surface area contributed by atoms with Crippen molar-refractivity contribution in [2.45, 2.75) is 13.3 Å². The molecule has 0 radical (unpaired) electrons. The molecule has 2 N–H and O–H groups in total. The fraction of sp³-hybridized carbons (Fsp3) is 0.167. The van der Waals surface area contributed by atoms with Crippen LogP contribution in [0.25, 0.3) is 0 Å². The van der Waals surface area contributed by atoms with Crippen molar-refractivity contribution >= 4 is 17.1 Å². The van der Waals surface area contributed by atoms with Crippen LogP contribution in [0, 0.1) is 6.92 Å². The lowest BCUT2D eigenvalue weighted by Gasteiger charge is -2.02. The Hall–Kier alpha value is -1.88. The van der Waals surface area contributed by atoms with Crippen LogP contribution in [0.15, 0.2) is 23.6 Å². The van der Waals surface area contributed by atoms with Crippen molar-refractivity contribution in [1.82, 2.24) is 4.98 Å². The van der Waals surface area contributed by atoms with Gasteiger partial charge in [0, 0.05) is 17.1 Å². The molecule has 0 fully saturated rings. The summed E-state index contributed by atoms with van der Waals surface area (Å²) in [6.07, 6.45) is 0.164. The van der Waals surface area contributed by atoms with Crippen molar-refractivity contribution in [2.75, 3.05) is 0 Å². The number of thiazole rings is 1. The third-order valence-corrected chi connectivity index (χ3v) is 3.23. The number of Topliss-reactive ketones (excluding diaryl/α,β-unsaturated/α-hetero) is 1. The summed E-state index contributed by atoms with van der Waals surface area (Å²) in [6, 6.07) is 3.94. The van der Waals surface area contributed by atoms with Gasteiger partial charge in [-0.1, -0.05) is 0 Å². The molecule has 0 unspecified atom stereocenters. The van der Waals surface area contributed by atoms with E-state index in [9.17, 15) is 9.90 Å². The van der Waals surface area contributed by atoms with E-state index in [0.717, 1.165) is 16.8 Å². The predicted octanol–water partition coefficient (Wildman–Crippen LogP) is 2.29. The summed E-state index contributed by atoms with van der Waals surface area (Å²) in [4.78, 5) is 16.1. The van der Waals surface area contributed by atoms with Crippen molar-refractivity contribution in [1.29, 1.82) is 0 Å². The Morgan fingerprint density at radius 3 is 2.76 bits per heavy atom. The molecule has 2 aromatic rings. The number of rotatable bonds is 3. The summed E-state index contributed by atoms with van der Waals surface area (Å²) in [7, 11) is 0. The van der Waals surface area contributed by atoms with Crippen LogP contribution in [-0.4, -0.2) is 21.0 Å². The number of ketones is 1. The highest BCUT2D eigenvalue weighted by Crippen LogP contribution is 2.24. The fourth-order valence-electron chi connectivity index (χ4n) is 1.47. The van der Waals surface area contributed by atoms with Crippen molar-refractivity contribution in [3.05, 3.63) is 39.8 Å². The summed E-state index contributed by atoms with van der Waals surface area (Å²) in [5.74, 6) is -0.482. The highest BCUT2D eigenvalue weighted by molar-refractivity contribution is 7.09. The van der Waals surface area contributed by atoms with Crippen LogP contribution in [0.4, 0.5) is 0 Å². The third-order valence-electron chi connectivity index (χ3n) is 2.26. The van der Waals surface area contributed by atoms with Crippen molar-refractivity contribution in [2.24, 2.45) is 0 Å². The largest absolute Gasteiger partial charge is 0.508 e. The molecule has 2 rings (SSSR count). The van der Waals surface area contributed by atoms with E-state index in [4.69, 9.17) is 5.11 Å². The van der Waals surface area contributed by atoms with Crippen LogP contribution >= 0.6 is 11.3 Å². The molecule has 17 heavy (non-hydrogen) atoms. The topological polar surface area (TPSA) is 70.4 Å².